The summed E-state index contributed by atoms with van der Waals surface area (Å²) in [6, 6.07) is 14.0. The Labute approximate surface area is 139 Å². The number of carbonyl (C=O) groups excluding carboxylic acids is 1. The molecule has 2 aromatic carbocycles. The zero-order chi connectivity index (χ0) is 16.8. The van der Waals surface area contributed by atoms with Crippen LogP contribution in [0.1, 0.15) is 12.0 Å². The average Bonchev–Trinajstić information content (AvgIpc) is 3.01. The first-order chi connectivity index (χ1) is 11.7. The van der Waals surface area contributed by atoms with Crippen LogP contribution in [0.25, 0.3) is 17.1 Å². The van der Waals surface area contributed by atoms with Crippen molar-refractivity contribution < 1.29 is 9.18 Å². The lowest BCUT2D eigenvalue weighted by molar-refractivity contribution is -0.116. The smallest absolute Gasteiger partial charge is 0.244 e. The summed E-state index contributed by atoms with van der Waals surface area (Å²) in [5, 5.41) is 2.84. The Bertz CT molecular complexity index is 852. The second-order valence-corrected chi connectivity index (χ2v) is 5.46. The van der Waals surface area contributed by atoms with Crippen LogP contribution >= 0.6 is 0 Å². The first kappa shape index (κ1) is 15.9. The van der Waals surface area contributed by atoms with Crippen molar-refractivity contribution in [1.82, 2.24) is 14.9 Å². The molecule has 3 rings (SSSR count). The number of aryl methyl sites for hydroxylation is 1. The molecule has 0 aliphatic rings. The third-order valence-corrected chi connectivity index (χ3v) is 3.70. The molecule has 1 aromatic heterocycles. The van der Waals surface area contributed by atoms with E-state index in [-0.39, 0.29) is 11.7 Å². The van der Waals surface area contributed by atoms with Gasteiger partial charge in [0, 0.05) is 19.2 Å². The first-order valence-corrected chi connectivity index (χ1v) is 7.84. The Morgan fingerprint density at radius 1 is 1.17 bits per heavy atom. The highest BCUT2D eigenvalue weighted by molar-refractivity contribution is 5.91. The molecule has 0 saturated carbocycles. The van der Waals surface area contributed by atoms with Crippen LogP contribution in [0, 0.1) is 5.82 Å². The highest BCUT2D eigenvalue weighted by Crippen LogP contribution is 2.11. The van der Waals surface area contributed by atoms with E-state index in [9.17, 15) is 9.18 Å². The number of aromatic nitrogens is 2. The van der Waals surface area contributed by atoms with E-state index in [0.717, 1.165) is 29.6 Å². The lowest BCUT2D eigenvalue weighted by Crippen LogP contribution is -2.23. The molecular formula is C19H18FN3O. The summed E-state index contributed by atoms with van der Waals surface area (Å²) in [5.74, 6) is -0.446. The van der Waals surface area contributed by atoms with Crippen LogP contribution in [0.5, 0.6) is 0 Å². The summed E-state index contributed by atoms with van der Waals surface area (Å²) in [4.78, 5) is 16.1. The van der Waals surface area contributed by atoms with Crippen LogP contribution in [0.2, 0.25) is 0 Å². The molecule has 0 fully saturated rings. The van der Waals surface area contributed by atoms with E-state index in [4.69, 9.17) is 0 Å². The van der Waals surface area contributed by atoms with E-state index in [0.29, 0.717) is 6.54 Å². The maximum atomic E-state index is 12.8. The van der Waals surface area contributed by atoms with Gasteiger partial charge in [-0.1, -0.05) is 24.3 Å². The molecule has 0 atom stereocenters. The standard InChI is InChI=1S/C19H18FN3O/c20-16-9-6-15(7-10-16)8-11-19(24)21-12-3-13-23-14-22-17-4-1-2-5-18(17)23/h1-2,4-11,14H,3,12-13H2,(H,21,24)/b11-8+. The monoisotopic (exact) mass is 323 g/mol. The van der Waals surface area contributed by atoms with E-state index in [1.807, 2.05) is 30.6 Å². The summed E-state index contributed by atoms with van der Waals surface area (Å²) in [5.41, 5.74) is 2.86. The van der Waals surface area contributed by atoms with E-state index in [1.54, 1.807) is 18.2 Å². The van der Waals surface area contributed by atoms with Crippen LogP contribution in [0.15, 0.2) is 60.9 Å². The Balaban J connectivity index is 1.44. The molecule has 0 radical (unpaired) electrons. The maximum absolute atomic E-state index is 12.8. The number of nitrogens with zero attached hydrogens (tertiary/aromatic N) is 2. The number of imidazole rings is 1. The van der Waals surface area contributed by atoms with Gasteiger partial charge in [-0.05, 0) is 42.3 Å². The minimum Gasteiger partial charge on any atom is -0.352 e. The van der Waals surface area contributed by atoms with E-state index >= 15 is 0 Å². The van der Waals surface area contributed by atoms with Gasteiger partial charge in [0.15, 0.2) is 0 Å². The third-order valence-electron chi connectivity index (χ3n) is 3.70. The zero-order valence-corrected chi connectivity index (χ0v) is 13.2. The van der Waals surface area contributed by atoms with Crippen LogP contribution in [0.4, 0.5) is 4.39 Å². The second-order valence-electron chi connectivity index (χ2n) is 5.46. The van der Waals surface area contributed by atoms with Crippen LogP contribution < -0.4 is 5.32 Å². The average molecular weight is 323 g/mol. The number of carbonyl (C=O) groups is 1. The van der Waals surface area contributed by atoms with Crippen molar-refractivity contribution in [3.63, 3.8) is 0 Å². The fourth-order valence-electron chi connectivity index (χ4n) is 2.45. The van der Waals surface area contributed by atoms with Crippen molar-refractivity contribution in [2.24, 2.45) is 0 Å². The number of nitrogens with one attached hydrogen (secondary N) is 1. The molecule has 1 heterocycles. The Morgan fingerprint density at radius 2 is 1.96 bits per heavy atom. The highest BCUT2D eigenvalue weighted by Gasteiger charge is 2.01. The van der Waals surface area contributed by atoms with Crippen LogP contribution in [0.3, 0.4) is 0 Å². The fourth-order valence-corrected chi connectivity index (χ4v) is 2.45. The Hall–Kier alpha value is -2.95. The quantitative estimate of drug-likeness (QED) is 0.558. The molecule has 5 heteroatoms. The second kappa shape index (κ2) is 7.55. The molecule has 0 unspecified atom stereocenters. The van der Waals surface area contributed by atoms with Crippen molar-refractivity contribution in [2.75, 3.05) is 6.54 Å². The molecule has 1 amide bonds. The first-order valence-electron chi connectivity index (χ1n) is 7.84. The normalized spacial score (nSPS) is 11.2. The van der Waals surface area contributed by atoms with Gasteiger partial charge in [-0.15, -0.1) is 0 Å². The van der Waals surface area contributed by atoms with Crippen molar-refractivity contribution in [2.45, 2.75) is 13.0 Å². The number of rotatable bonds is 6. The lowest BCUT2D eigenvalue weighted by Gasteiger charge is -2.05. The number of halogens is 1. The lowest BCUT2D eigenvalue weighted by atomic mass is 10.2. The molecule has 24 heavy (non-hydrogen) atoms. The van der Waals surface area contributed by atoms with Gasteiger partial charge >= 0.3 is 0 Å². The fraction of sp³-hybridized carbons (Fsp3) is 0.158. The van der Waals surface area contributed by atoms with Gasteiger partial charge in [0.1, 0.15) is 5.82 Å². The van der Waals surface area contributed by atoms with Crippen molar-refractivity contribution in [3.05, 3.63) is 72.3 Å². The molecule has 0 saturated heterocycles. The molecule has 0 bridgehead atoms. The van der Waals surface area contributed by atoms with E-state index in [2.05, 4.69) is 14.9 Å². The molecule has 0 aliphatic carbocycles. The van der Waals surface area contributed by atoms with E-state index < -0.39 is 0 Å². The highest BCUT2D eigenvalue weighted by atomic mass is 19.1. The summed E-state index contributed by atoms with van der Waals surface area (Å²) < 4.78 is 14.9. The molecule has 0 spiro atoms. The van der Waals surface area contributed by atoms with Gasteiger partial charge < -0.3 is 9.88 Å². The van der Waals surface area contributed by atoms with Crippen molar-refractivity contribution >= 4 is 23.0 Å². The number of benzene rings is 2. The molecular weight excluding hydrogens is 305 g/mol. The molecule has 122 valence electrons. The molecule has 1 N–H and O–H groups in total. The summed E-state index contributed by atoms with van der Waals surface area (Å²) in [7, 11) is 0. The van der Waals surface area contributed by atoms with Crippen LogP contribution in [-0.4, -0.2) is 22.0 Å². The van der Waals surface area contributed by atoms with Gasteiger partial charge in [0.2, 0.25) is 5.91 Å². The minimum absolute atomic E-state index is 0.158. The predicted molar refractivity (Wildman–Crippen MR) is 92.8 cm³/mol. The SMILES string of the molecule is O=C(/C=C/c1ccc(F)cc1)NCCCn1cnc2ccccc21. The Kier molecular flexibility index (Phi) is 5.01. The topological polar surface area (TPSA) is 46.9 Å². The van der Waals surface area contributed by atoms with Gasteiger partial charge in [-0.3, -0.25) is 4.79 Å². The largest absolute Gasteiger partial charge is 0.352 e. The van der Waals surface area contributed by atoms with Gasteiger partial charge in [-0.25, -0.2) is 9.37 Å². The van der Waals surface area contributed by atoms with E-state index in [1.165, 1.54) is 18.2 Å². The van der Waals surface area contributed by atoms with Gasteiger partial charge in [0.25, 0.3) is 0 Å². The number of amides is 1. The Morgan fingerprint density at radius 3 is 2.79 bits per heavy atom. The van der Waals surface area contributed by atoms with Crippen LogP contribution in [-0.2, 0) is 11.3 Å². The number of hydrogen-bond acceptors (Lipinski definition) is 2. The maximum Gasteiger partial charge on any atom is 0.244 e. The summed E-state index contributed by atoms with van der Waals surface area (Å²) >= 11 is 0. The van der Waals surface area contributed by atoms with Gasteiger partial charge in [-0.2, -0.15) is 0 Å². The van der Waals surface area contributed by atoms with Crippen molar-refractivity contribution in [3.8, 4) is 0 Å². The molecule has 3 aromatic rings. The number of hydrogen-bond donors (Lipinski definition) is 1. The predicted octanol–water partition coefficient (Wildman–Crippen LogP) is 3.40. The number of fused-ring (bicyclic) bond motifs is 1. The third kappa shape index (κ3) is 4.07. The van der Waals surface area contributed by atoms with Crippen molar-refractivity contribution in [1.29, 1.82) is 0 Å². The molecule has 4 nitrogen and oxygen atoms in total. The summed E-state index contributed by atoms with van der Waals surface area (Å²) in [6.45, 7) is 1.38. The zero-order valence-electron chi connectivity index (χ0n) is 13.2. The van der Waals surface area contributed by atoms with Gasteiger partial charge in [0.05, 0.1) is 17.4 Å². The molecule has 0 aliphatic heterocycles. The summed E-state index contributed by atoms with van der Waals surface area (Å²) in [6.07, 6.45) is 5.76. The minimum atomic E-state index is -0.288. The number of para-hydroxylation sites is 2.